The molecule has 2 aromatic rings. The van der Waals surface area contributed by atoms with Crippen LogP contribution >= 0.6 is 11.6 Å². The highest BCUT2D eigenvalue weighted by Gasteiger charge is 2.03. The van der Waals surface area contributed by atoms with Crippen LogP contribution in [0.1, 0.15) is 5.56 Å². The van der Waals surface area contributed by atoms with E-state index in [1.54, 1.807) is 18.2 Å². The van der Waals surface area contributed by atoms with E-state index in [4.69, 9.17) is 16.7 Å². The van der Waals surface area contributed by atoms with Gasteiger partial charge in [0.15, 0.2) is 0 Å². The third-order valence-electron chi connectivity index (χ3n) is 2.56. The molecule has 0 aliphatic heterocycles. The van der Waals surface area contributed by atoms with E-state index in [-0.39, 0.29) is 19.1 Å². The van der Waals surface area contributed by atoms with Crippen LogP contribution < -0.4 is 10.6 Å². The molecule has 0 bridgehead atoms. The standard InChI is InChI=1S/C14H14ClN3O2/c15-11-4-5-13(17-7-11)18-14(20)8-16-12-3-1-2-10(6-12)9-19/h1-7,16,19H,8-9H2,(H,17,18,20). The topological polar surface area (TPSA) is 74.2 Å². The Hall–Kier alpha value is -2.11. The lowest BCUT2D eigenvalue weighted by Gasteiger charge is -2.08. The molecule has 0 aliphatic carbocycles. The Morgan fingerprint density at radius 2 is 2.15 bits per heavy atom. The summed E-state index contributed by atoms with van der Waals surface area (Å²) in [6.07, 6.45) is 1.47. The van der Waals surface area contributed by atoms with Crippen LogP contribution in [0.2, 0.25) is 5.02 Å². The summed E-state index contributed by atoms with van der Waals surface area (Å²) in [6.45, 7) is 0.0790. The highest BCUT2D eigenvalue weighted by atomic mass is 35.5. The molecule has 1 aromatic carbocycles. The molecule has 1 aromatic heterocycles. The number of nitrogens with one attached hydrogen (secondary N) is 2. The number of anilines is 2. The average Bonchev–Trinajstić information content (AvgIpc) is 2.48. The van der Waals surface area contributed by atoms with Crippen molar-refractivity contribution in [3.8, 4) is 0 Å². The van der Waals surface area contributed by atoms with Gasteiger partial charge in [0.1, 0.15) is 5.82 Å². The van der Waals surface area contributed by atoms with Gasteiger partial charge in [0.05, 0.1) is 18.2 Å². The smallest absolute Gasteiger partial charge is 0.244 e. The number of nitrogens with zero attached hydrogens (tertiary/aromatic N) is 1. The van der Waals surface area contributed by atoms with Crippen LogP contribution in [-0.4, -0.2) is 22.5 Å². The Morgan fingerprint density at radius 3 is 2.85 bits per heavy atom. The van der Waals surface area contributed by atoms with Gasteiger partial charge in [-0.1, -0.05) is 23.7 Å². The lowest BCUT2D eigenvalue weighted by molar-refractivity contribution is -0.114. The van der Waals surface area contributed by atoms with Crippen LogP contribution in [0.4, 0.5) is 11.5 Å². The normalized spacial score (nSPS) is 10.1. The van der Waals surface area contributed by atoms with Gasteiger partial charge in [-0.3, -0.25) is 4.79 Å². The molecule has 104 valence electrons. The van der Waals surface area contributed by atoms with Gasteiger partial charge in [0, 0.05) is 11.9 Å². The lowest BCUT2D eigenvalue weighted by Crippen LogP contribution is -2.22. The molecule has 0 radical (unpaired) electrons. The van der Waals surface area contributed by atoms with Gasteiger partial charge >= 0.3 is 0 Å². The second-order valence-corrected chi connectivity index (χ2v) is 4.56. The van der Waals surface area contributed by atoms with E-state index in [9.17, 15) is 4.79 Å². The van der Waals surface area contributed by atoms with E-state index in [1.807, 2.05) is 18.2 Å². The van der Waals surface area contributed by atoms with Gasteiger partial charge in [0.25, 0.3) is 0 Å². The summed E-state index contributed by atoms with van der Waals surface area (Å²) in [5, 5.41) is 15.2. The highest BCUT2D eigenvalue weighted by molar-refractivity contribution is 6.30. The monoisotopic (exact) mass is 291 g/mol. The number of aromatic nitrogens is 1. The van der Waals surface area contributed by atoms with Crippen molar-refractivity contribution >= 4 is 29.0 Å². The zero-order chi connectivity index (χ0) is 14.4. The number of amides is 1. The number of aliphatic hydroxyl groups excluding tert-OH is 1. The predicted molar refractivity (Wildman–Crippen MR) is 78.7 cm³/mol. The molecule has 1 amide bonds. The third kappa shape index (κ3) is 4.22. The van der Waals surface area contributed by atoms with E-state index < -0.39 is 0 Å². The molecule has 0 spiro atoms. The van der Waals surface area contributed by atoms with E-state index in [2.05, 4.69) is 15.6 Å². The summed E-state index contributed by atoms with van der Waals surface area (Å²) in [7, 11) is 0. The molecule has 0 aliphatic rings. The molecule has 0 atom stereocenters. The summed E-state index contributed by atoms with van der Waals surface area (Å²) in [6, 6.07) is 10.5. The van der Waals surface area contributed by atoms with Crippen molar-refractivity contribution in [2.24, 2.45) is 0 Å². The number of halogens is 1. The summed E-state index contributed by atoms with van der Waals surface area (Å²) in [5.41, 5.74) is 1.56. The maximum absolute atomic E-state index is 11.7. The van der Waals surface area contributed by atoms with Crippen LogP contribution in [0.3, 0.4) is 0 Å². The van der Waals surface area contributed by atoms with Gasteiger partial charge in [-0.05, 0) is 29.8 Å². The molecular weight excluding hydrogens is 278 g/mol. The van der Waals surface area contributed by atoms with Gasteiger partial charge in [0.2, 0.25) is 5.91 Å². The Morgan fingerprint density at radius 1 is 1.30 bits per heavy atom. The fourth-order valence-electron chi connectivity index (χ4n) is 1.60. The number of benzene rings is 1. The van der Waals surface area contributed by atoms with E-state index in [0.717, 1.165) is 11.3 Å². The Balaban J connectivity index is 1.87. The highest BCUT2D eigenvalue weighted by Crippen LogP contribution is 2.11. The van der Waals surface area contributed by atoms with Crippen molar-refractivity contribution in [2.45, 2.75) is 6.61 Å². The molecule has 0 fully saturated rings. The minimum Gasteiger partial charge on any atom is -0.392 e. The van der Waals surface area contributed by atoms with Crippen molar-refractivity contribution in [3.05, 3.63) is 53.2 Å². The summed E-state index contributed by atoms with van der Waals surface area (Å²) < 4.78 is 0. The Labute approximate surface area is 121 Å². The fourth-order valence-corrected chi connectivity index (χ4v) is 1.71. The number of pyridine rings is 1. The van der Waals surface area contributed by atoms with Gasteiger partial charge < -0.3 is 15.7 Å². The number of hydrogen-bond donors (Lipinski definition) is 3. The zero-order valence-corrected chi connectivity index (χ0v) is 11.4. The average molecular weight is 292 g/mol. The largest absolute Gasteiger partial charge is 0.392 e. The fraction of sp³-hybridized carbons (Fsp3) is 0.143. The molecule has 2 rings (SSSR count). The minimum atomic E-state index is -0.214. The van der Waals surface area contributed by atoms with Crippen molar-refractivity contribution < 1.29 is 9.90 Å². The number of carbonyl (C=O) groups is 1. The number of carbonyl (C=O) groups excluding carboxylic acids is 1. The molecule has 0 saturated heterocycles. The maximum atomic E-state index is 11.7. The molecule has 0 saturated carbocycles. The van der Waals surface area contributed by atoms with Crippen molar-refractivity contribution in [3.63, 3.8) is 0 Å². The van der Waals surface area contributed by atoms with Gasteiger partial charge in [-0.2, -0.15) is 0 Å². The molecule has 20 heavy (non-hydrogen) atoms. The van der Waals surface area contributed by atoms with Gasteiger partial charge in [-0.15, -0.1) is 0 Å². The number of hydrogen-bond acceptors (Lipinski definition) is 4. The Bertz CT molecular complexity index is 587. The van der Waals surface area contributed by atoms with Crippen LogP contribution in [0.15, 0.2) is 42.6 Å². The van der Waals surface area contributed by atoms with Crippen molar-refractivity contribution in [1.29, 1.82) is 0 Å². The van der Waals surface area contributed by atoms with E-state index >= 15 is 0 Å². The molecular formula is C14H14ClN3O2. The molecule has 6 heteroatoms. The van der Waals surface area contributed by atoms with Crippen LogP contribution in [0.25, 0.3) is 0 Å². The molecule has 5 nitrogen and oxygen atoms in total. The number of rotatable bonds is 5. The first kappa shape index (κ1) is 14.3. The summed E-state index contributed by atoms with van der Waals surface area (Å²) in [5.74, 6) is 0.236. The predicted octanol–water partition coefficient (Wildman–Crippen LogP) is 2.28. The van der Waals surface area contributed by atoms with Crippen molar-refractivity contribution in [2.75, 3.05) is 17.2 Å². The molecule has 0 unspecified atom stereocenters. The Kier molecular flexibility index (Phi) is 4.92. The quantitative estimate of drug-likeness (QED) is 0.790. The van der Waals surface area contributed by atoms with E-state index in [0.29, 0.717) is 10.8 Å². The second-order valence-electron chi connectivity index (χ2n) is 4.12. The molecule has 1 heterocycles. The first-order valence-electron chi connectivity index (χ1n) is 6.02. The maximum Gasteiger partial charge on any atom is 0.244 e. The van der Waals surface area contributed by atoms with Crippen LogP contribution in [0, 0.1) is 0 Å². The van der Waals surface area contributed by atoms with Crippen molar-refractivity contribution in [1.82, 2.24) is 4.98 Å². The van der Waals surface area contributed by atoms with E-state index in [1.165, 1.54) is 6.20 Å². The summed E-state index contributed by atoms with van der Waals surface area (Å²) >= 11 is 5.71. The van der Waals surface area contributed by atoms with Crippen LogP contribution in [0.5, 0.6) is 0 Å². The number of aliphatic hydroxyl groups is 1. The zero-order valence-electron chi connectivity index (χ0n) is 10.6. The third-order valence-corrected chi connectivity index (χ3v) is 2.78. The first-order chi connectivity index (χ1) is 9.67. The first-order valence-corrected chi connectivity index (χ1v) is 6.40. The van der Waals surface area contributed by atoms with Gasteiger partial charge in [-0.25, -0.2) is 4.98 Å². The minimum absolute atomic E-state index is 0.0313. The second kappa shape index (κ2) is 6.88. The SMILES string of the molecule is O=C(CNc1cccc(CO)c1)Nc1ccc(Cl)cn1. The molecule has 3 N–H and O–H groups in total. The summed E-state index contributed by atoms with van der Waals surface area (Å²) in [4.78, 5) is 15.7. The lowest BCUT2D eigenvalue weighted by atomic mass is 10.2. The van der Waals surface area contributed by atoms with Crippen LogP contribution in [-0.2, 0) is 11.4 Å².